The molecule has 0 aromatic heterocycles. The van der Waals surface area contributed by atoms with Gasteiger partial charge in [-0.15, -0.1) is 0 Å². The molecule has 0 heterocycles. The van der Waals surface area contributed by atoms with Crippen LogP contribution in [0.2, 0.25) is 0 Å². The fourth-order valence-corrected chi connectivity index (χ4v) is 1.88. The van der Waals surface area contributed by atoms with Crippen molar-refractivity contribution in [1.82, 2.24) is 5.32 Å². The van der Waals surface area contributed by atoms with Gasteiger partial charge in [-0.05, 0) is 24.3 Å². The largest absolute Gasteiger partial charge is 0.467 e. The molecule has 3 unspecified atom stereocenters. The number of thioether (sulfide) groups is 1. The van der Waals surface area contributed by atoms with Crippen LogP contribution >= 0.6 is 11.8 Å². The summed E-state index contributed by atoms with van der Waals surface area (Å²) < 4.78 is 4.67. The summed E-state index contributed by atoms with van der Waals surface area (Å²) in [5.41, 5.74) is 5.82. The minimum Gasteiger partial charge on any atom is -0.467 e. The molecule has 0 fully saturated rings. The van der Waals surface area contributed by atoms with E-state index in [0.717, 1.165) is 12.2 Å². The van der Waals surface area contributed by atoms with Crippen molar-refractivity contribution in [2.75, 3.05) is 19.1 Å². The third kappa shape index (κ3) is 5.73. The quantitative estimate of drug-likeness (QED) is 0.640. The molecule has 1 amide bonds. The molecule has 106 valence electrons. The highest BCUT2D eigenvalue weighted by atomic mass is 32.2. The first kappa shape index (κ1) is 17.2. The van der Waals surface area contributed by atoms with Crippen molar-refractivity contribution >= 4 is 23.6 Å². The molecule has 18 heavy (non-hydrogen) atoms. The summed E-state index contributed by atoms with van der Waals surface area (Å²) in [5, 5.41) is 2.67. The number of amides is 1. The predicted octanol–water partition coefficient (Wildman–Crippen LogP) is 0.771. The molecular formula is C12H24N2O3S. The zero-order valence-corrected chi connectivity index (χ0v) is 12.4. The first-order valence-corrected chi connectivity index (χ1v) is 7.50. The first-order chi connectivity index (χ1) is 8.47. The van der Waals surface area contributed by atoms with Crippen LogP contribution in [-0.2, 0) is 14.3 Å². The topological polar surface area (TPSA) is 81.4 Å². The molecule has 0 aliphatic heterocycles. The van der Waals surface area contributed by atoms with Crippen LogP contribution in [0.25, 0.3) is 0 Å². The molecule has 0 aliphatic carbocycles. The van der Waals surface area contributed by atoms with Crippen LogP contribution < -0.4 is 11.1 Å². The molecule has 3 N–H and O–H groups in total. The highest BCUT2D eigenvalue weighted by molar-refractivity contribution is 7.98. The first-order valence-electron chi connectivity index (χ1n) is 6.10. The van der Waals surface area contributed by atoms with Crippen molar-refractivity contribution in [3.8, 4) is 0 Å². The van der Waals surface area contributed by atoms with Gasteiger partial charge in [-0.3, -0.25) is 4.79 Å². The number of methoxy groups -OCH3 is 1. The molecule has 0 bridgehead atoms. The number of carbonyl (C=O) groups excluding carboxylic acids is 2. The number of carbonyl (C=O) groups is 2. The van der Waals surface area contributed by atoms with Crippen LogP contribution in [0.3, 0.4) is 0 Å². The van der Waals surface area contributed by atoms with E-state index >= 15 is 0 Å². The van der Waals surface area contributed by atoms with Gasteiger partial charge >= 0.3 is 5.97 Å². The maximum atomic E-state index is 11.9. The van der Waals surface area contributed by atoms with E-state index < -0.39 is 18.1 Å². The third-order valence-corrected chi connectivity index (χ3v) is 3.62. The predicted molar refractivity (Wildman–Crippen MR) is 74.4 cm³/mol. The van der Waals surface area contributed by atoms with Gasteiger partial charge in [-0.1, -0.05) is 20.3 Å². The van der Waals surface area contributed by atoms with Crippen LogP contribution in [0.4, 0.5) is 0 Å². The van der Waals surface area contributed by atoms with Crippen molar-refractivity contribution in [1.29, 1.82) is 0 Å². The maximum Gasteiger partial charge on any atom is 0.328 e. The van der Waals surface area contributed by atoms with Crippen LogP contribution in [0.5, 0.6) is 0 Å². The Morgan fingerprint density at radius 1 is 1.44 bits per heavy atom. The lowest BCUT2D eigenvalue weighted by atomic mass is 9.99. The molecule has 6 heteroatoms. The minimum atomic E-state index is -0.606. The Balaban J connectivity index is 4.47. The van der Waals surface area contributed by atoms with E-state index in [-0.39, 0.29) is 11.8 Å². The van der Waals surface area contributed by atoms with Crippen LogP contribution in [-0.4, -0.2) is 43.1 Å². The molecule has 0 aromatic rings. The van der Waals surface area contributed by atoms with E-state index in [4.69, 9.17) is 5.73 Å². The van der Waals surface area contributed by atoms with Gasteiger partial charge in [0.25, 0.3) is 0 Å². The van der Waals surface area contributed by atoms with E-state index in [1.165, 1.54) is 7.11 Å². The molecule has 3 atom stereocenters. The number of rotatable bonds is 8. The summed E-state index contributed by atoms with van der Waals surface area (Å²) in [4.78, 5) is 23.4. The van der Waals surface area contributed by atoms with E-state index in [2.05, 4.69) is 10.1 Å². The Bertz CT molecular complexity index is 274. The van der Waals surface area contributed by atoms with Crippen molar-refractivity contribution in [3.63, 3.8) is 0 Å². The number of nitrogens with one attached hydrogen (secondary N) is 1. The Kier molecular flexibility index (Phi) is 8.83. The molecule has 0 rings (SSSR count). The number of ether oxygens (including phenoxy) is 1. The van der Waals surface area contributed by atoms with E-state index in [1.807, 2.05) is 20.1 Å². The smallest absolute Gasteiger partial charge is 0.328 e. The summed E-state index contributed by atoms with van der Waals surface area (Å²) in [7, 11) is 1.31. The standard InChI is InChI=1S/C12H24N2O3S/c1-5-8(2)10(13)11(15)14-9(6-7-18-4)12(16)17-3/h8-10H,5-7,13H2,1-4H3,(H,14,15). The highest BCUT2D eigenvalue weighted by Crippen LogP contribution is 2.07. The van der Waals surface area contributed by atoms with E-state index in [0.29, 0.717) is 6.42 Å². The Labute approximate surface area is 113 Å². The Morgan fingerprint density at radius 3 is 2.50 bits per heavy atom. The van der Waals surface area contributed by atoms with Gasteiger partial charge in [0.2, 0.25) is 5.91 Å². The van der Waals surface area contributed by atoms with Crippen molar-refractivity contribution in [2.24, 2.45) is 11.7 Å². The molecule has 0 saturated heterocycles. The number of esters is 1. The molecular weight excluding hydrogens is 252 g/mol. The molecule has 5 nitrogen and oxygen atoms in total. The van der Waals surface area contributed by atoms with Gasteiger partial charge in [0.05, 0.1) is 13.2 Å². The van der Waals surface area contributed by atoms with Crippen LogP contribution in [0.1, 0.15) is 26.7 Å². The fraction of sp³-hybridized carbons (Fsp3) is 0.833. The summed E-state index contributed by atoms with van der Waals surface area (Å²) in [6.45, 7) is 3.89. The summed E-state index contributed by atoms with van der Waals surface area (Å²) in [6.07, 6.45) is 3.32. The Hall–Kier alpha value is -0.750. The van der Waals surface area contributed by atoms with Gasteiger partial charge in [-0.25, -0.2) is 4.79 Å². The number of hydrogen-bond acceptors (Lipinski definition) is 5. The Morgan fingerprint density at radius 2 is 2.06 bits per heavy atom. The normalized spacial score (nSPS) is 15.6. The SMILES string of the molecule is CCC(C)C(N)C(=O)NC(CCSC)C(=O)OC. The van der Waals surface area contributed by atoms with Crippen molar-refractivity contribution < 1.29 is 14.3 Å². The van der Waals surface area contributed by atoms with Crippen molar-refractivity contribution in [2.45, 2.75) is 38.8 Å². The second-order valence-corrected chi connectivity index (χ2v) is 5.26. The average Bonchev–Trinajstić information content (AvgIpc) is 2.40. The van der Waals surface area contributed by atoms with E-state index in [1.54, 1.807) is 11.8 Å². The third-order valence-electron chi connectivity index (χ3n) is 2.97. The zero-order chi connectivity index (χ0) is 14.1. The fourth-order valence-electron chi connectivity index (χ4n) is 1.41. The van der Waals surface area contributed by atoms with Gasteiger partial charge in [0, 0.05) is 0 Å². The van der Waals surface area contributed by atoms with Crippen molar-refractivity contribution in [3.05, 3.63) is 0 Å². The highest BCUT2D eigenvalue weighted by Gasteiger charge is 2.26. The lowest BCUT2D eigenvalue weighted by molar-refractivity contribution is -0.145. The summed E-state index contributed by atoms with van der Waals surface area (Å²) in [6, 6.07) is -1.19. The minimum absolute atomic E-state index is 0.0869. The molecule has 0 spiro atoms. The van der Waals surface area contributed by atoms with E-state index in [9.17, 15) is 9.59 Å². The van der Waals surface area contributed by atoms with Crippen LogP contribution in [0.15, 0.2) is 0 Å². The zero-order valence-electron chi connectivity index (χ0n) is 11.6. The molecule has 0 aromatic carbocycles. The molecule has 0 radical (unpaired) electrons. The lowest BCUT2D eigenvalue weighted by Crippen LogP contribution is -2.51. The number of nitrogens with two attached hydrogens (primary N) is 1. The summed E-state index contributed by atoms with van der Waals surface area (Å²) in [5.74, 6) is 0.150. The van der Waals surface area contributed by atoms with Crippen LogP contribution in [0, 0.1) is 5.92 Å². The summed E-state index contributed by atoms with van der Waals surface area (Å²) >= 11 is 1.61. The van der Waals surface area contributed by atoms with Gasteiger partial charge in [-0.2, -0.15) is 11.8 Å². The monoisotopic (exact) mass is 276 g/mol. The number of hydrogen-bond donors (Lipinski definition) is 2. The average molecular weight is 276 g/mol. The van der Waals surface area contributed by atoms with Gasteiger partial charge < -0.3 is 15.8 Å². The van der Waals surface area contributed by atoms with Gasteiger partial charge in [0.15, 0.2) is 0 Å². The maximum absolute atomic E-state index is 11.9. The molecule has 0 saturated carbocycles. The molecule has 0 aliphatic rings. The second kappa shape index (κ2) is 9.22. The van der Waals surface area contributed by atoms with Gasteiger partial charge in [0.1, 0.15) is 6.04 Å². The second-order valence-electron chi connectivity index (χ2n) is 4.28. The lowest BCUT2D eigenvalue weighted by Gasteiger charge is -2.21.